The maximum atomic E-state index is 11.3. The average molecular weight is 405 g/mol. The molecule has 0 aliphatic rings. The number of aliphatic carboxylic acids is 2. The SMILES string of the molecule is CC(C)COC(=O)CCCCC(=O)OCC(C)C.O=C(O)CCCCC(=O)O. The second-order valence-electron chi connectivity index (χ2n) is 7.36. The van der Waals surface area contributed by atoms with Crippen molar-refractivity contribution in [2.75, 3.05) is 13.2 Å². The molecule has 0 aliphatic heterocycles. The van der Waals surface area contributed by atoms with Crippen LogP contribution in [-0.2, 0) is 28.7 Å². The Bertz CT molecular complexity index is 415. The molecule has 0 aromatic rings. The van der Waals surface area contributed by atoms with Crippen molar-refractivity contribution in [2.24, 2.45) is 11.8 Å². The van der Waals surface area contributed by atoms with E-state index in [1.54, 1.807) is 0 Å². The lowest BCUT2D eigenvalue weighted by atomic mass is 10.2. The van der Waals surface area contributed by atoms with Crippen molar-refractivity contribution in [2.45, 2.75) is 79.1 Å². The summed E-state index contributed by atoms with van der Waals surface area (Å²) in [6.07, 6.45) is 3.12. The second kappa shape index (κ2) is 18.3. The topological polar surface area (TPSA) is 127 Å². The summed E-state index contributed by atoms with van der Waals surface area (Å²) < 4.78 is 10.1. The van der Waals surface area contributed by atoms with Crippen LogP contribution in [0.15, 0.2) is 0 Å². The number of rotatable bonds is 14. The van der Waals surface area contributed by atoms with Gasteiger partial charge in [0.15, 0.2) is 0 Å². The van der Waals surface area contributed by atoms with E-state index in [2.05, 4.69) is 0 Å². The summed E-state index contributed by atoms with van der Waals surface area (Å²) in [5.41, 5.74) is 0. The fourth-order valence-electron chi connectivity index (χ4n) is 1.75. The van der Waals surface area contributed by atoms with Gasteiger partial charge in [-0.15, -0.1) is 0 Å². The third kappa shape index (κ3) is 26.1. The predicted octanol–water partition coefficient (Wildman–Crippen LogP) is 3.66. The van der Waals surface area contributed by atoms with Gasteiger partial charge < -0.3 is 19.7 Å². The first kappa shape index (κ1) is 28.1. The van der Waals surface area contributed by atoms with E-state index in [0.717, 1.165) is 0 Å². The van der Waals surface area contributed by atoms with Gasteiger partial charge in [0.05, 0.1) is 13.2 Å². The highest BCUT2D eigenvalue weighted by Gasteiger charge is 2.07. The van der Waals surface area contributed by atoms with Crippen molar-refractivity contribution in [3.63, 3.8) is 0 Å². The Morgan fingerprint density at radius 1 is 0.607 bits per heavy atom. The Kier molecular flexibility index (Phi) is 18.3. The second-order valence-corrected chi connectivity index (χ2v) is 7.36. The lowest BCUT2D eigenvalue weighted by Crippen LogP contribution is -2.11. The molecule has 0 atom stereocenters. The number of carboxylic acid groups (broad SMARTS) is 2. The molecule has 0 heterocycles. The third-order valence-electron chi connectivity index (χ3n) is 3.20. The fraction of sp³-hybridized carbons (Fsp3) is 0.800. The molecule has 0 unspecified atom stereocenters. The first-order valence-corrected chi connectivity index (χ1v) is 9.79. The maximum Gasteiger partial charge on any atom is 0.305 e. The molecule has 0 aromatic heterocycles. The van der Waals surface area contributed by atoms with Crippen molar-refractivity contribution in [1.29, 1.82) is 0 Å². The normalized spacial score (nSPS) is 10.2. The van der Waals surface area contributed by atoms with Gasteiger partial charge in [0.1, 0.15) is 0 Å². The van der Waals surface area contributed by atoms with Gasteiger partial charge in [-0.1, -0.05) is 27.7 Å². The highest BCUT2D eigenvalue weighted by molar-refractivity contribution is 5.70. The average Bonchev–Trinajstić information content (AvgIpc) is 2.59. The molecule has 0 radical (unpaired) electrons. The Balaban J connectivity index is 0. The van der Waals surface area contributed by atoms with Crippen LogP contribution < -0.4 is 0 Å². The first-order chi connectivity index (χ1) is 13.0. The molecule has 0 aliphatic carbocycles. The molecule has 0 amide bonds. The molecule has 28 heavy (non-hydrogen) atoms. The van der Waals surface area contributed by atoms with Gasteiger partial charge >= 0.3 is 23.9 Å². The molecule has 0 saturated carbocycles. The Morgan fingerprint density at radius 3 is 1.14 bits per heavy atom. The number of esters is 2. The van der Waals surface area contributed by atoms with Crippen molar-refractivity contribution in [1.82, 2.24) is 0 Å². The first-order valence-electron chi connectivity index (χ1n) is 9.79. The molecule has 8 nitrogen and oxygen atoms in total. The van der Waals surface area contributed by atoms with Crippen LogP contribution in [0.5, 0.6) is 0 Å². The highest BCUT2D eigenvalue weighted by atomic mass is 16.5. The summed E-state index contributed by atoms with van der Waals surface area (Å²) in [7, 11) is 0. The number of hydrogen-bond acceptors (Lipinski definition) is 6. The van der Waals surface area contributed by atoms with Crippen LogP contribution in [0.3, 0.4) is 0 Å². The number of unbranched alkanes of at least 4 members (excludes halogenated alkanes) is 2. The lowest BCUT2D eigenvalue weighted by molar-refractivity contribution is -0.147. The van der Waals surface area contributed by atoms with E-state index >= 15 is 0 Å². The number of hydrogen-bond donors (Lipinski definition) is 2. The van der Waals surface area contributed by atoms with E-state index in [-0.39, 0.29) is 24.8 Å². The number of carbonyl (C=O) groups excluding carboxylic acids is 2. The van der Waals surface area contributed by atoms with Crippen LogP contribution in [0, 0.1) is 11.8 Å². The van der Waals surface area contributed by atoms with Crippen LogP contribution in [0.4, 0.5) is 0 Å². The van der Waals surface area contributed by atoms with Crippen LogP contribution in [0.2, 0.25) is 0 Å². The predicted molar refractivity (Wildman–Crippen MR) is 104 cm³/mol. The smallest absolute Gasteiger partial charge is 0.305 e. The van der Waals surface area contributed by atoms with Gasteiger partial charge in [0.2, 0.25) is 0 Å². The van der Waals surface area contributed by atoms with Gasteiger partial charge in [-0.2, -0.15) is 0 Å². The molecule has 0 fully saturated rings. The summed E-state index contributed by atoms with van der Waals surface area (Å²) in [6.45, 7) is 8.93. The summed E-state index contributed by atoms with van der Waals surface area (Å²) >= 11 is 0. The van der Waals surface area contributed by atoms with Crippen LogP contribution in [0.1, 0.15) is 79.1 Å². The summed E-state index contributed by atoms with van der Waals surface area (Å²) in [6, 6.07) is 0. The number of carboxylic acids is 2. The molecule has 0 saturated heterocycles. The molecule has 164 valence electrons. The van der Waals surface area contributed by atoms with E-state index < -0.39 is 11.9 Å². The van der Waals surface area contributed by atoms with E-state index in [1.807, 2.05) is 27.7 Å². The number of ether oxygens (including phenoxy) is 2. The Labute approximate surface area is 167 Å². The molecule has 0 bridgehead atoms. The minimum Gasteiger partial charge on any atom is -0.481 e. The maximum absolute atomic E-state index is 11.3. The quantitative estimate of drug-likeness (QED) is 0.332. The third-order valence-corrected chi connectivity index (χ3v) is 3.20. The lowest BCUT2D eigenvalue weighted by Gasteiger charge is -2.08. The van der Waals surface area contributed by atoms with E-state index in [1.165, 1.54) is 0 Å². The molecule has 2 N–H and O–H groups in total. The Morgan fingerprint density at radius 2 is 0.893 bits per heavy atom. The van der Waals surface area contributed by atoms with E-state index in [4.69, 9.17) is 19.7 Å². The van der Waals surface area contributed by atoms with Crippen molar-refractivity contribution in [3.05, 3.63) is 0 Å². The van der Waals surface area contributed by atoms with Gasteiger partial charge in [-0.05, 0) is 37.5 Å². The zero-order chi connectivity index (χ0) is 21.9. The molecule has 0 spiro atoms. The van der Waals surface area contributed by atoms with Crippen LogP contribution in [0.25, 0.3) is 0 Å². The van der Waals surface area contributed by atoms with Gasteiger partial charge in [-0.25, -0.2) is 0 Å². The summed E-state index contributed by atoms with van der Waals surface area (Å²) in [5, 5.41) is 16.3. The van der Waals surface area contributed by atoms with Crippen molar-refractivity contribution in [3.8, 4) is 0 Å². The van der Waals surface area contributed by atoms with E-state index in [9.17, 15) is 19.2 Å². The van der Waals surface area contributed by atoms with Gasteiger partial charge in [-0.3, -0.25) is 19.2 Å². The van der Waals surface area contributed by atoms with Crippen LogP contribution >= 0.6 is 0 Å². The van der Waals surface area contributed by atoms with Gasteiger partial charge in [0, 0.05) is 25.7 Å². The minimum absolute atomic E-state index is 0.0628. The van der Waals surface area contributed by atoms with Crippen LogP contribution in [-0.4, -0.2) is 47.3 Å². The molecular weight excluding hydrogens is 368 g/mol. The van der Waals surface area contributed by atoms with Gasteiger partial charge in [0.25, 0.3) is 0 Å². The van der Waals surface area contributed by atoms with Crippen molar-refractivity contribution < 1.29 is 38.9 Å². The largest absolute Gasteiger partial charge is 0.481 e. The van der Waals surface area contributed by atoms with Crippen molar-refractivity contribution >= 4 is 23.9 Å². The molecule has 8 heteroatoms. The monoisotopic (exact) mass is 404 g/mol. The number of carbonyl (C=O) groups is 4. The summed E-state index contributed by atoms with van der Waals surface area (Å²) in [4.78, 5) is 42.3. The fourth-order valence-corrected chi connectivity index (χ4v) is 1.75. The zero-order valence-corrected chi connectivity index (χ0v) is 17.6. The molecular formula is C20H36O8. The minimum atomic E-state index is -0.870. The van der Waals surface area contributed by atoms with E-state index in [0.29, 0.717) is 63.6 Å². The summed E-state index contributed by atoms with van der Waals surface area (Å²) in [5.74, 6) is -1.38. The molecule has 0 rings (SSSR count). The molecule has 0 aromatic carbocycles. The zero-order valence-electron chi connectivity index (χ0n) is 17.6. The highest BCUT2D eigenvalue weighted by Crippen LogP contribution is 2.05. The Hall–Kier alpha value is -2.12. The standard InChI is InChI=1S/C14H26O4.C6H10O4/c1-11(2)9-17-13(15)7-5-6-8-14(16)18-10-12(3)4;7-5(8)3-1-2-4-6(9)10/h11-12H,5-10H2,1-4H3;1-4H2,(H,7,8)(H,9,10).